The van der Waals surface area contributed by atoms with Crippen molar-refractivity contribution in [3.05, 3.63) is 35.9 Å². The molecular formula is C13H16O3. The van der Waals surface area contributed by atoms with Gasteiger partial charge in [0.2, 0.25) is 0 Å². The van der Waals surface area contributed by atoms with Crippen LogP contribution in [-0.2, 0) is 12.8 Å². The van der Waals surface area contributed by atoms with Crippen LogP contribution in [0.15, 0.2) is 24.8 Å². The Kier molecular flexibility index (Phi) is 3.15. The normalized spacial score (nSPS) is 17.9. The highest BCUT2D eigenvalue weighted by Crippen LogP contribution is 2.35. The Balaban J connectivity index is 2.22. The summed E-state index contributed by atoms with van der Waals surface area (Å²) >= 11 is 0. The standard InChI is InChI=1S/C13H16O3/c1-2-3-9-8-13-10(7-12(9)15)6-11(16-13)4-5-14/h2,7-8,11,14-15H,1,3-6H2. The molecule has 0 aromatic heterocycles. The summed E-state index contributed by atoms with van der Waals surface area (Å²) in [5.41, 5.74) is 1.85. The summed E-state index contributed by atoms with van der Waals surface area (Å²) in [4.78, 5) is 0. The number of phenols is 1. The number of hydrogen-bond acceptors (Lipinski definition) is 3. The highest BCUT2D eigenvalue weighted by molar-refractivity contribution is 5.48. The smallest absolute Gasteiger partial charge is 0.123 e. The lowest BCUT2D eigenvalue weighted by molar-refractivity contribution is 0.175. The summed E-state index contributed by atoms with van der Waals surface area (Å²) in [6.07, 6.45) is 3.82. The van der Waals surface area contributed by atoms with Gasteiger partial charge in [-0.2, -0.15) is 0 Å². The van der Waals surface area contributed by atoms with Crippen LogP contribution in [0.2, 0.25) is 0 Å². The second kappa shape index (κ2) is 4.58. The number of ether oxygens (including phenoxy) is 1. The van der Waals surface area contributed by atoms with Gasteiger partial charge >= 0.3 is 0 Å². The van der Waals surface area contributed by atoms with Crippen LogP contribution in [0.4, 0.5) is 0 Å². The first-order chi connectivity index (χ1) is 7.74. The molecule has 0 amide bonds. The lowest BCUT2D eigenvalue weighted by Crippen LogP contribution is -2.14. The lowest BCUT2D eigenvalue weighted by atomic mass is 10.0. The van der Waals surface area contributed by atoms with Crippen molar-refractivity contribution in [3.63, 3.8) is 0 Å². The van der Waals surface area contributed by atoms with E-state index in [1.807, 2.05) is 6.07 Å². The average molecular weight is 220 g/mol. The van der Waals surface area contributed by atoms with Crippen LogP contribution in [-0.4, -0.2) is 22.9 Å². The van der Waals surface area contributed by atoms with Crippen LogP contribution < -0.4 is 4.74 Å². The Hall–Kier alpha value is -1.48. The molecule has 0 spiro atoms. The van der Waals surface area contributed by atoms with Crippen molar-refractivity contribution < 1.29 is 14.9 Å². The number of aromatic hydroxyl groups is 1. The van der Waals surface area contributed by atoms with Crippen LogP contribution in [0.3, 0.4) is 0 Å². The predicted octanol–water partition coefficient (Wildman–Crippen LogP) is 1.81. The third-order valence-electron chi connectivity index (χ3n) is 2.82. The molecule has 0 saturated carbocycles. The second-order valence-corrected chi connectivity index (χ2v) is 4.04. The van der Waals surface area contributed by atoms with E-state index in [9.17, 15) is 5.11 Å². The van der Waals surface area contributed by atoms with Gasteiger partial charge in [0.05, 0.1) is 0 Å². The van der Waals surface area contributed by atoms with Crippen molar-refractivity contribution in [3.8, 4) is 11.5 Å². The quantitative estimate of drug-likeness (QED) is 0.761. The molecule has 1 aliphatic heterocycles. The van der Waals surface area contributed by atoms with Crippen molar-refractivity contribution >= 4 is 0 Å². The van der Waals surface area contributed by atoms with Gasteiger partial charge in [0.1, 0.15) is 17.6 Å². The summed E-state index contributed by atoms with van der Waals surface area (Å²) in [6.45, 7) is 3.78. The molecule has 2 N–H and O–H groups in total. The minimum Gasteiger partial charge on any atom is -0.508 e. The molecule has 1 atom stereocenters. The molecule has 2 rings (SSSR count). The monoisotopic (exact) mass is 220 g/mol. The molecule has 86 valence electrons. The van der Waals surface area contributed by atoms with Gasteiger partial charge in [0.15, 0.2) is 0 Å². The number of rotatable bonds is 4. The maximum Gasteiger partial charge on any atom is 0.123 e. The van der Waals surface area contributed by atoms with E-state index in [2.05, 4.69) is 6.58 Å². The van der Waals surface area contributed by atoms with Crippen LogP contribution in [0.25, 0.3) is 0 Å². The molecule has 1 aliphatic rings. The van der Waals surface area contributed by atoms with Crippen LogP contribution in [0, 0.1) is 0 Å². The molecule has 3 heteroatoms. The second-order valence-electron chi connectivity index (χ2n) is 4.04. The summed E-state index contributed by atoms with van der Waals surface area (Å²) in [5.74, 6) is 1.12. The van der Waals surface area contributed by atoms with Crippen molar-refractivity contribution in [1.82, 2.24) is 0 Å². The zero-order chi connectivity index (χ0) is 11.5. The van der Waals surface area contributed by atoms with E-state index in [1.54, 1.807) is 12.1 Å². The molecule has 1 aromatic rings. The molecule has 1 heterocycles. The van der Waals surface area contributed by atoms with Gasteiger partial charge in [0.25, 0.3) is 0 Å². The van der Waals surface area contributed by atoms with Gasteiger partial charge in [-0.05, 0) is 18.6 Å². The molecule has 1 unspecified atom stereocenters. The molecule has 16 heavy (non-hydrogen) atoms. The maximum absolute atomic E-state index is 9.77. The summed E-state index contributed by atoms with van der Waals surface area (Å²) in [5, 5.41) is 18.6. The SMILES string of the molecule is C=CCc1cc2c(cc1O)CC(CCO)O2. The largest absolute Gasteiger partial charge is 0.508 e. The number of allylic oxidation sites excluding steroid dienone is 1. The highest BCUT2D eigenvalue weighted by atomic mass is 16.5. The first-order valence-corrected chi connectivity index (χ1v) is 5.47. The summed E-state index contributed by atoms with van der Waals surface area (Å²) in [7, 11) is 0. The third-order valence-corrected chi connectivity index (χ3v) is 2.82. The minimum atomic E-state index is 0.0402. The van der Waals surface area contributed by atoms with Gasteiger partial charge in [-0.15, -0.1) is 6.58 Å². The highest BCUT2D eigenvalue weighted by Gasteiger charge is 2.23. The van der Waals surface area contributed by atoms with Crippen molar-refractivity contribution in [2.45, 2.75) is 25.4 Å². The number of fused-ring (bicyclic) bond motifs is 1. The Morgan fingerprint density at radius 2 is 2.31 bits per heavy atom. The van der Waals surface area contributed by atoms with E-state index < -0.39 is 0 Å². The van der Waals surface area contributed by atoms with Gasteiger partial charge in [-0.1, -0.05) is 6.08 Å². The van der Waals surface area contributed by atoms with Crippen molar-refractivity contribution in [2.24, 2.45) is 0 Å². The number of aliphatic hydroxyl groups excluding tert-OH is 1. The van der Waals surface area contributed by atoms with E-state index in [1.165, 1.54) is 0 Å². The van der Waals surface area contributed by atoms with E-state index in [0.717, 1.165) is 23.3 Å². The van der Waals surface area contributed by atoms with E-state index in [4.69, 9.17) is 9.84 Å². The molecule has 0 radical (unpaired) electrons. The predicted molar refractivity (Wildman–Crippen MR) is 61.8 cm³/mol. The number of hydrogen-bond donors (Lipinski definition) is 2. The van der Waals surface area contributed by atoms with E-state index in [0.29, 0.717) is 18.6 Å². The number of benzene rings is 1. The van der Waals surface area contributed by atoms with Gasteiger partial charge in [-0.3, -0.25) is 0 Å². The van der Waals surface area contributed by atoms with Crippen LogP contribution in [0.5, 0.6) is 11.5 Å². The fourth-order valence-corrected chi connectivity index (χ4v) is 2.01. The van der Waals surface area contributed by atoms with E-state index in [-0.39, 0.29) is 12.7 Å². The fraction of sp³-hybridized carbons (Fsp3) is 0.385. The van der Waals surface area contributed by atoms with Crippen molar-refractivity contribution in [1.29, 1.82) is 0 Å². The van der Waals surface area contributed by atoms with Gasteiger partial charge in [0, 0.05) is 30.6 Å². The first kappa shape index (κ1) is 11.0. The van der Waals surface area contributed by atoms with Crippen LogP contribution in [0.1, 0.15) is 17.5 Å². The van der Waals surface area contributed by atoms with Gasteiger partial charge < -0.3 is 14.9 Å². The minimum absolute atomic E-state index is 0.0402. The lowest BCUT2D eigenvalue weighted by Gasteiger charge is -2.08. The summed E-state index contributed by atoms with van der Waals surface area (Å²) in [6, 6.07) is 3.62. The molecule has 0 fully saturated rings. The van der Waals surface area contributed by atoms with Crippen LogP contribution >= 0.6 is 0 Å². The molecule has 0 bridgehead atoms. The molecule has 0 saturated heterocycles. The average Bonchev–Trinajstić information content (AvgIpc) is 2.61. The molecule has 1 aromatic carbocycles. The fourth-order valence-electron chi connectivity index (χ4n) is 2.01. The Labute approximate surface area is 95.0 Å². The Bertz CT molecular complexity index is 398. The van der Waals surface area contributed by atoms with Gasteiger partial charge in [-0.25, -0.2) is 0 Å². The third kappa shape index (κ3) is 2.04. The summed E-state index contributed by atoms with van der Waals surface area (Å²) < 4.78 is 5.68. The number of phenolic OH excluding ortho intramolecular Hbond substituents is 1. The number of aliphatic hydroxyl groups is 1. The Morgan fingerprint density at radius 1 is 1.50 bits per heavy atom. The zero-order valence-electron chi connectivity index (χ0n) is 9.15. The topological polar surface area (TPSA) is 49.7 Å². The van der Waals surface area contributed by atoms with Crippen molar-refractivity contribution in [2.75, 3.05) is 6.61 Å². The molecular weight excluding hydrogens is 204 g/mol. The Morgan fingerprint density at radius 3 is 3.00 bits per heavy atom. The maximum atomic E-state index is 9.77. The molecule has 0 aliphatic carbocycles. The van der Waals surface area contributed by atoms with E-state index >= 15 is 0 Å². The molecule has 3 nitrogen and oxygen atoms in total. The zero-order valence-corrected chi connectivity index (χ0v) is 9.15. The first-order valence-electron chi connectivity index (χ1n) is 5.47.